The van der Waals surface area contributed by atoms with Crippen molar-refractivity contribution in [3.63, 3.8) is 0 Å². The summed E-state index contributed by atoms with van der Waals surface area (Å²) >= 11 is 6.37. The Morgan fingerprint density at radius 1 is 0.739 bits per heavy atom. The van der Waals surface area contributed by atoms with Crippen LogP contribution < -0.4 is 10.2 Å². The number of aromatic nitrogens is 2. The monoisotopic (exact) mass is 774 g/mol. The number of nitrogens with one attached hydrogen (secondary N) is 1. The average Bonchev–Trinajstić information content (AvgIpc) is 2.84. The third kappa shape index (κ3) is 12.9. The Bertz CT molecular complexity index is 1460. The number of hydrogen-bond donors (Lipinski definition) is 2. The lowest BCUT2D eigenvalue weighted by Gasteiger charge is -2.29. The highest BCUT2D eigenvalue weighted by molar-refractivity contribution is 9.10. The van der Waals surface area contributed by atoms with Gasteiger partial charge in [-0.15, -0.1) is 0 Å². The molecule has 2 heterocycles. The number of esters is 1. The van der Waals surface area contributed by atoms with Crippen LogP contribution in [0.3, 0.4) is 0 Å². The molecule has 0 aliphatic carbocycles. The van der Waals surface area contributed by atoms with Crippen molar-refractivity contribution in [1.29, 1.82) is 0 Å². The van der Waals surface area contributed by atoms with Gasteiger partial charge in [-0.1, -0.05) is 0 Å². The molecule has 2 rings (SSSR count). The van der Waals surface area contributed by atoms with Crippen molar-refractivity contribution in [2.24, 2.45) is 0 Å². The lowest BCUT2D eigenvalue weighted by atomic mass is 10.2. The Hall–Kier alpha value is -3.79. The highest BCUT2D eigenvalue weighted by Crippen LogP contribution is 2.29. The molecule has 0 aromatic carbocycles. The molecule has 0 bridgehead atoms. The Balaban J connectivity index is 0.000000489. The zero-order chi connectivity index (χ0) is 35.9. The van der Waals surface area contributed by atoms with Crippen LogP contribution in [0, 0.1) is 13.8 Å². The normalized spacial score (nSPS) is 11.3. The van der Waals surface area contributed by atoms with Crippen LogP contribution >= 0.6 is 31.9 Å². The number of carboxylic acid groups (broad SMARTS) is 1. The molecule has 0 aliphatic rings. The zero-order valence-corrected chi connectivity index (χ0v) is 31.0. The molecule has 0 atom stereocenters. The fourth-order valence-corrected chi connectivity index (χ4v) is 3.73. The molecule has 2 N–H and O–H groups in total. The second-order valence-corrected chi connectivity index (χ2v) is 14.2. The zero-order valence-electron chi connectivity index (χ0n) is 27.9. The van der Waals surface area contributed by atoms with E-state index in [2.05, 4.69) is 47.1 Å². The van der Waals surface area contributed by atoms with Crippen molar-refractivity contribution in [1.82, 2.24) is 9.97 Å². The summed E-state index contributed by atoms with van der Waals surface area (Å²) in [6.45, 7) is 18.5. The third-order valence-electron chi connectivity index (χ3n) is 4.89. The van der Waals surface area contributed by atoms with Gasteiger partial charge in [-0.2, -0.15) is 4.90 Å². The first-order valence-corrected chi connectivity index (χ1v) is 15.3. The maximum atomic E-state index is 12.8. The van der Waals surface area contributed by atoms with Crippen molar-refractivity contribution < 1.29 is 48.0 Å². The number of nitrogens with zero attached hydrogens (tertiary/aromatic N) is 3. The predicted molar refractivity (Wildman–Crippen MR) is 176 cm³/mol. The van der Waals surface area contributed by atoms with Crippen molar-refractivity contribution in [2.75, 3.05) is 17.3 Å². The standard InChI is InChI=1S/C18H25BrN2O6.C12H15BrN2O4/c1-10-9-11(12(14(22)25-8)20-13(10)19)21(15(23)26-17(2,3)4)16(24)27-18(5,6)7;1-6-5-7(8(10(16)17)15-9(6)13)14-11(18)19-12(2,3)4/h9H,1-8H3;5H,1-4H3,(H,14,18)(H,16,17). The Kier molecular flexibility index (Phi) is 13.7. The van der Waals surface area contributed by atoms with E-state index in [9.17, 15) is 24.0 Å². The molecule has 14 nitrogen and oxygen atoms in total. The SMILES string of the molecule is COC(=O)c1nc(Br)c(C)cc1N(C(=O)OC(C)(C)C)C(=O)OC(C)(C)C.Cc1cc(NC(=O)OC(C)(C)C)c(C(=O)O)nc1Br. The molecule has 2 aromatic heterocycles. The summed E-state index contributed by atoms with van der Waals surface area (Å²) in [4.78, 5) is 69.0. The van der Waals surface area contributed by atoms with Gasteiger partial charge < -0.3 is 24.1 Å². The molecule has 46 heavy (non-hydrogen) atoms. The van der Waals surface area contributed by atoms with Gasteiger partial charge in [0.25, 0.3) is 0 Å². The number of hydrogen-bond acceptors (Lipinski definition) is 11. The van der Waals surface area contributed by atoms with Crippen molar-refractivity contribution in [3.8, 4) is 0 Å². The van der Waals surface area contributed by atoms with Crippen LogP contribution in [0.25, 0.3) is 0 Å². The van der Waals surface area contributed by atoms with E-state index in [1.807, 2.05) is 0 Å². The van der Waals surface area contributed by atoms with E-state index in [1.54, 1.807) is 76.2 Å². The number of imide groups is 1. The Morgan fingerprint density at radius 2 is 1.15 bits per heavy atom. The maximum Gasteiger partial charge on any atom is 0.424 e. The van der Waals surface area contributed by atoms with Gasteiger partial charge in [-0.25, -0.2) is 33.9 Å². The van der Waals surface area contributed by atoms with Gasteiger partial charge in [0.15, 0.2) is 11.4 Å². The minimum absolute atomic E-state index is 0.0916. The summed E-state index contributed by atoms with van der Waals surface area (Å²) in [5.41, 5.74) is -1.58. The number of carbonyl (C=O) groups excluding carboxylic acids is 4. The van der Waals surface area contributed by atoms with E-state index in [1.165, 1.54) is 19.2 Å². The van der Waals surface area contributed by atoms with Gasteiger partial charge in [-0.3, -0.25) is 5.32 Å². The summed E-state index contributed by atoms with van der Waals surface area (Å²) in [5.74, 6) is -2.05. The highest BCUT2D eigenvalue weighted by atomic mass is 79.9. The quantitative estimate of drug-likeness (QED) is 0.175. The van der Waals surface area contributed by atoms with Crippen LogP contribution in [-0.2, 0) is 18.9 Å². The number of carbonyl (C=O) groups is 5. The van der Waals surface area contributed by atoms with E-state index in [4.69, 9.17) is 24.1 Å². The number of methoxy groups -OCH3 is 1. The van der Waals surface area contributed by atoms with Crippen LogP contribution in [0.2, 0.25) is 0 Å². The van der Waals surface area contributed by atoms with E-state index < -0.39 is 47.0 Å². The third-order valence-corrected chi connectivity index (χ3v) is 6.50. The summed E-state index contributed by atoms with van der Waals surface area (Å²) in [5, 5.41) is 11.4. The molecule has 0 saturated carbocycles. The number of rotatable bonds is 4. The van der Waals surface area contributed by atoms with Crippen LogP contribution in [0.5, 0.6) is 0 Å². The molecule has 0 saturated heterocycles. The summed E-state index contributed by atoms with van der Waals surface area (Å²) < 4.78 is 21.2. The van der Waals surface area contributed by atoms with E-state index in [0.29, 0.717) is 25.2 Å². The lowest BCUT2D eigenvalue weighted by molar-refractivity contribution is 0.0428. The van der Waals surface area contributed by atoms with Crippen molar-refractivity contribution in [2.45, 2.75) is 93.0 Å². The summed E-state index contributed by atoms with van der Waals surface area (Å²) in [6.07, 6.45) is -2.71. The minimum atomic E-state index is -1.23. The molecule has 254 valence electrons. The first-order chi connectivity index (χ1) is 20.8. The summed E-state index contributed by atoms with van der Waals surface area (Å²) in [6, 6.07) is 2.97. The largest absolute Gasteiger partial charge is 0.476 e. The summed E-state index contributed by atoms with van der Waals surface area (Å²) in [7, 11) is 1.17. The van der Waals surface area contributed by atoms with E-state index >= 15 is 0 Å². The number of anilines is 2. The van der Waals surface area contributed by atoms with Crippen LogP contribution in [0.1, 0.15) is 94.4 Å². The number of halogens is 2. The Labute approximate surface area is 284 Å². The number of ether oxygens (including phenoxy) is 4. The molecule has 2 aromatic rings. The first kappa shape index (κ1) is 40.2. The van der Waals surface area contributed by atoms with Gasteiger partial charge >= 0.3 is 30.2 Å². The smallest absolute Gasteiger partial charge is 0.424 e. The van der Waals surface area contributed by atoms with Crippen molar-refractivity contribution >= 4 is 73.5 Å². The maximum absolute atomic E-state index is 12.8. The molecule has 3 amide bonds. The fraction of sp³-hybridized carbons (Fsp3) is 0.500. The average molecular weight is 776 g/mol. The Morgan fingerprint density at radius 3 is 1.54 bits per heavy atom. The minimum Gasteiger partial charge on any atom is -0.476 e. The second kappa shape index (κ2) is 15.7. The topological polar surface area (TPSA) is 184 Å². The number of carboxylic acids is 1. The van der Waals surface area contributed by atoms with Gasteiger partial charge in [0.2, 0.25) is 0 Å². The molecular weight excluding hydrogens is 736 g/mol. The molecule has 0 unspecified atom stereocenters. The van der Waals surface area contributed by atoms with E-state index in [0.717, 1.165) is 0 Å². The highest BCUT2D eigenvalue weighted by Gasteiger charge is 2.36. The molecule has 0 radical (unpaired) electrons. The second-order valence-electron chi connectivity index (χ2n) is 12.7. The number of pyridine rings is 2. The lowest BCUT2D eigenvalue weighted by Crippen LogP contribution is -2.44. The van der Waals surface area contributed by atoms with Crippen molar-refractivity contribution in [3.05, 3.63) is 43.9 Å². The van der Waals surface area contributed by atoms with Crippen LogP contribution in [0.15, 0.2) is 21.3 Å². The van der Waals surface area contributed by atoms with E-state index in [-0.39, 0.29) is 22.8 Å². The van der Waals surface area contributed by atoms with Crippen LogP contribution in [-0.4, -0.2) is 69.2 Å². The fourth-order valence-electron chi connectivity index (χ4n) is 3.14. The number of aromatic carboxylic acids is 1. The predicted octanol–water partition coefficient (Wildman–Crippen LogP) is 7.81. The molecule has 0 aliphatic heterocycles. The molecule has 16 heteroatoms. The van der Waals surface area contributed by atoms with Gasteiger partial charge in [0.05, 0.1) is 18.5 Å². The molecular formula is C30H40Br2N4O10. The van der Waals surface area contributed by atoms with Gasteiger partial charge in [0.1, 0.15) is 26.0 Å². The first-order valence-electron chi connectivity index (χ1n) is 13.7. The number of aryl methyl sites for hydroxylation is 2. The molecule has 0 fully saturated rings. The number of amides is 3. The van der Waals surface area contributed by atoms with Gasteiger partial charge in [0, 0.05) is 0 Å². The van der Waals surface area contributed by atoms with Gasteiger partial charge in [-0.05, 0) is 131 Å². The van der Waals surface area contributed by atoms with Crippen LogP contribution in [0.4, 0.5) is 25.8 Å². The molecule has 0 spiro atoms.